The van der Waals surface area contributed by atoms with E-state index < -0.39 is 0 Å². The molecule has 1 aliphatic rings. The van der Waals surface area contributed by atoms with Crippen LogP contribution in [-0.4, -0.2) is 17.9 Å². The lowest BCUT2D eigenvalue weighted by Crippen LogP contribution is -2.32. The van der Waals surface area contributed by atoms with E-state index in [-0.39, 0.29) is 11.3 Å². The van der Waals surface area contributed by atoms with Gasteiger partial charge in [-0.05, 0) is 40.9 Å². The second-order valence-corrected chi connectivity index (χ2v) is 4.32. The van der Waals surface area contributed by atoms with Gasteiger partial charge >= 0.3 is 0 Å². The van der Waals surface area contributed by atoms with Crippen molar-refractivity contribution < 1.29 is 4.79 Å². The Morgan fingerprint density at radius 2 is 2.29 bits per heavy atom. The first-order valence-electron chi connectivity index (χ1n) is 4.54. The highest BCUT2D eigenvalue weighted by molar-refractivity contribution is 9.10. The summed E-state index contributed by atoms with van der Waals surface area (Å²) in [5.41, 5.74) is 0.518. The van der Waals surface area contributed by atoms with Gasteiger partial charge in [-0.2, -0.15) is 0 Å². The third-order valence-corrected chi connectivity index (χ3v) is 3.06. The molecule has 1 heterocycles. The van der Waals surface area contributed by atoms with Crippen molar-refractivity contribution in [2.75, 3.05) is 7.05 Å². The predicted octanol–water partition coefficient (Wildman–Crippen LogP) is 1.62. The number of likely N-dealkylation sites (N-methyl/N-ethyl adjacent to an activating group) is 1. The summed E-state index contributed by atoms with van der Waals surface area (Å²) in [6.07, 6.45) is 1.80. The molecular formula is C10H11BrN2O. The fraction of sp³-hybridized carbons (Fsp3) is 0.400. The van der Waals surface area contributed by atoms with Gasteiger partial charge in [-0.3, -0.25) is 4.79 Å². The maximum Gasteiger partial charge on any atom is 0.232 e. The number of aromatic nitrogens is 1. The van der Waals surface area contributed by atoms with Crippen LogP contribution < -0.4 is 5.32 Å². The van der Waals surface area contributed by atoms with Gasteiger partial charge in [-0.15, -0.1) is 0 Å². The molecule has 0 unspecified atom stereocenters. The lowest BCUT2D eigenvalue weighted by molar-refractivity contribution is -0.123. The van der Waals surface area contributed by atoms with E-state index in [1.54, 1.807) is 7.05 Å². The largest absolute Gasteiger partial charge is 0.358 e. The number of nitrogens with one attached hydrogen (secondary N) is 1. The Morgan fingerprint density at radius 1 is 1.57 bits per heavy atom. The monoisotopic (exact) mass is 254 g/mol. The van der Waals surface area contributed by atoms with Gasteiger partial charge in [0.15, 0.2) is 0 Å². The van der Waals surface area contributed by atoms with Crippen LogP contribution in [0.2, 0.25) is 0 Å². The molecule has 1 N–H and O–H groups in total. The quantitative estimate of drug-likeness (QED) is 0.816. The lowest BCUT2D eigenvalue weighted by atomic mass is 10.0. The first kappa shape index (κ1) is 9.65. The van der Waals surface area contributed by atoms with E-state index in [0.29, 0.717) is 0 Å². The van der Waals surface area contributed by atoms with Gasteiger partial charge in [0.1, 0.15) is 4.60 Å². The van der Waals surface area contributed by atoms with Crippen LogP contribution in [0, 0.1) is 0 Å². The molecule has 1 fully saturated rings. The summed E-state index contributed by atoms with van der Waals surface area (Å²) in [4.78, 5) is 16.0. The third-order valence-electron chi connectivity index (χ3n) is 2.62. The van der Waals surface area contributed by atoms with E-state index in [9.17, 15) is 4.79 Å². The Hall–Kier alpha value is -0.900. The summed E-state index contributed by atoms with van der Waals surface area (Å²) in [5, 5.41) is 2.69. The summed E-state index contributed by atoms with van der Waals surface area (Å²) < 4.78 is 0.783. The molecule has 0 bridgehead atoms. The Balaban J connectivity index is 2.35. The number of carbonyl (C=O) groups excluding carboxylic acids is 1. The average Bonchev–Trinajstić information content (AvgIpc) is 2.97. The maximum atomic E-state index is 11.6. The number of nitrogens with zero attached hydrogens (tertiary/aromatic N) is 1. The molecule has 0 spiro atoms. The number of rotatable bonds is 2. The molecule has 4 heteroatoms. The van der Waals surface area contributed by atoms with Crippen molar-refractivity contribution in [3.63, 3.8) is 0 Å². The van der Waals surface area contributed by atoms with Crippen LogP contribution in [0.3, 0.4) is 0 Å². The summed E-state index contributed by atoms with van der Waals surface area (Å²) in [5.74, 6) is 0.0723. The average molecular weight is 255 g/mol. The SMILES string of the molecule is CNC(=O)C1(c2cccc(Br)n2)CC1. The maximum absolute atomic E-state index is 11.6. The van der Waals surface area contributed by atoms with Gasteiger partial charge in [0.2, 0.25) is 5.91 Å². The Kier molecular flexibility index (Phi) is 2.31. The molecule has 1 amide bonds. The zero-order valence-corrected chi connectivity index (χ0v) is 9.47. The number of amides is 1. The molecule has 74 valence electrons. The van der Waals surface area contributed by atoms with Crippen molar-refractivity contribution in [1.29, 1.82) is 0 Å². The Morgan fingerprint density at radius 3 is 2.79 bits per heavy atom. The second kappa shape index (κ2) is 3.35. The van der Waals surface area contributed by atoms with Gasteiger partial charge in [0.25, 0.3) is 0 Å². The highest BCUT2D eigenvalue weighted by atomic mass is 79.9. The first-order valence-corrected chi connectivity index (χ1v) is 5.33. The van der Waals surface area contributed by atoms with E-state index in [4.69, 9.17) is 0 Å². The topological polar surface area (TPSA) is 42.0 Å². The number of halogens is 1. The van der Waals surface area contributed by atoms with Crippen molar-refractivity contribution >= 4 is 21.8 Å². The van der Waals surface area contributed by atoms with Crippen LogP contribution in [0.5, 0.6) is 0 Å². The fourth-order valence-corrected chi connectivity index (χ4v) is 1.98. The summed E-state index contributed by atoms with van der Waals surface area (Å²) in [6.45, 7) is 0. The molecule has 0 atom stereocenters. The first-order chi connectivity index (χ1) is 6.69. The van der Waals surface area contributed by atoms with E-state index in [1.165, 1.54) is 0 Å². The minimum atomic E-state index is -0.349. The summed E-state index contributed by atoms with van der Waals surface area (Å²) in [6, 6.07) is 5.69. The molecule has 0 saturated heterocycles. The smallest absolute Gasteiger partial charge is 0.232 e. The zero-order chi connectivity index (χ0) is 10.2. The van der Waals surface area contributed by atoms with Gasteiger partial charge in [-0.1, -0.05) is 6.07 Å². The van der Waals surface area contributed by atoms with Crippen LogP contribution in [0.15, 0.2) is 22.8 Å². The number of pyridine rings is 1. The molecule has 0 aromatic carbocycles. The minimum Gasteiger partial charge on any atom is -0.358 e. The van der Waals surface area contributed by atoms with Gasteiger partial charge in [0, 0.05) is 7.05 Å². The van der Waals surface area contributed by atoms with Gasteiger partial charge in [0.05, 0.1) is 11.1 Å². The number of hydrogen-bond acceptors (Lipinski definition) is 2. The van der Waals surface area contributed by atoms with Crippen LogP contribution in [0.25, 0.3) is 0 Å². The van der Waals surface area contributed by atoms with Crippen LogP contribution in [-0.2, 0) is 10.2 Å². The predicted molar refractivity (Wildman–Crippen MR) is 56.9 cm³/mol. The molecule has 0 radical (unpaired) electrons. The van der Waals surface area contributed by atoms with Crippen molar-refractivity contribution in [2.24, 2.45) is 0 Å². The van der Waals surface area contributed by atoms with Gasteiger partial charge < -0.3 is 5.32 Å². The summed E-state index contributed by atoms with van der Waals surface area (Å²) >= 11 is 3.31. The molecule has 2 rings (SSSR count). The highest BCUT2D eigenvalue weighted by Crippen LogP contribution is 2.47. The molecular weight excluding hydrogens is 244 g/mol. The second-order valence-electron chi connectivity index (χ2n) is 3.51. The fourth-order valence-electron chi connectivity index (χ4n) is 1.64. The van der Waals surface area contributed by atoms with Crippen LogP contribution in [0.4, 0.5) is 0 Å². The Bertz CT molecular complexity index is 374. The van der Waals surface area contributed by atoms with E-state index in [2.05, 4.69) is 26.2 Å². The minimum absolute atomic E-state index is 0.0723. The zero-order valence-electron chi connectivity index (χ0n) is 7.88. The molecule has 1 aromatic rings. The molecule has 0 aliphatic heterocycles. The molecule has 1 saturated carbocycles. The third kappa shape index (κ3) is 1.43. The van der Waals surface area contributed by atoms with Crippen LogP contribution >= 0.6 is 15.9 Å². The van der Waals surface area contributed by atoms with Crippen molar-refractivity contribution in [2.45, 2.75) is 18.3 Å². The molecule has 3 nitrogen and oxygen atoms in total. The van der Waals surface area contributed by atoms with E-state index >= 15 is 0 Å². The van der Waals surface area contributed by atoms with E-state index in [0.717, 1.165) is 23.1 Å². The lowest BCUT2D eigenvalue weighted by Gasteiger charge is -2.12. The standard InChI is InChI=1S/C10H11BrN2O/c1-12-9(14)10(5-6-10)7-3-2-4-8(11)13-7/h2-4H,5-6H2,1H3,(H,12,14). The van der Waals surface area contributed by atoms with E-state index in [1.807, 2.05) is 18.2 Å². The van der Waals surface area contributed by atoms with Crippen molar-refractivity contribution in [3.05, 3.63) is 28.5 Å². The molecule has 14 heavy (non-hydrogen) atoms. The summed E-state index contributed by atoms with van der Waals surface area (Å²) in [7, 11) is 1.67. The van der Waals surface area contributed by atoms with Crippen molar-refractivity contribution in [3.8, 4) is 0 Å². The molecule has 1 aliphatic carbocycles. The normalized spacial score (nSPS) is 17.6. The van der Waals surface area contributed by atoms with Crippen molar-refractivity contribution in [1.82, 2.24) is 10.3 Å². The van der Waals surface area contributed by atoms with Crippen LogP contribution in [0.1, 0.15) is 18.5 Å². The number of hydrogen-bond donors (Lipinski definition) is 1. The Labute approximate surface area is 91.0 Å². The molecule has 1 aromatic heterocycles. The number of carbonyl (C=O) groups is 1. The highest BCUT2D eigenvalue weighted by Gasteiger charge is 2.52. The van der Waals surface area contributed by atoms with Gasteiger partial charge in [-0.25, -0.2) is 4.98 Å².